The van der Waals surface area contributed by atoms with Gasteiger partial charge in [-0.15, -0.1) is 13.2 Å². The van der Waals surface area contributed by atoms with Crippen molar-refractivity contribution in [1.29, 1.82) is 0 Å². The Bertz CT molecular complexity index is 1310. The van der Waals surface area contributed by atoms with E-state index in [9.17, 15) is 27.5 Å². The number of benzene rings is 2. The molecule has 2 aliphatic heterocycles. The van der Waals surface area contributed by atoms with Crippen LogP contribution in [0.5, 0.6) is 5.75 Å². The smallest absolute Gasteiger partial charge is 0.406 e. The molecule has 1 fully saturated rings. The third-order valence-corrected chi connectivity index (χ3v) is 6.06. The minimum absolute atomic E-state index is 0.158. The Morgan fingerprint density at radius 3 is 2.69 bits per heavy atom. The van der Waals surface area contributed by atoms with Gasteiger partial charge in [-0.1, -0.05) is 0 Å². The van der Waals surface area contributed by atoms with Crippen LogP contribution in [0.4, 0.5) is 29.1 Å². The molecule has 0 radical (unpaired) electrons. The lowest BCUT2D eigenvalue weighted by Crippen LogP contribution is -2.34. The number of hydrogen-bond donors (Lipinski definition) is 2. The molecule has 2 aromatic carbocycles. The zero-order chi connectivity index (χ0) is 25.7. The molecule has 3 heterocycles. The van der Waals surface area contributed by atoms with E-state index in [4.69, 9.17) is 4.74 Å². The normalized spacial score (nSPS) is 21.1. The molecule has 0 spiro atoms. The SMILES string of the molecule is CC1(O)O[C@@H]2CCN(C2)c2ncc(C(=O)Nc3ccc(OC(F)(F)F)cc3)cc2-c2cc(F)cc1c2. The number of nitrogens with zero attached hydrogens (tertiary/aromatic N) is 2. The van der Waals surface area contributed by atoms with E-state index in [0.717, 1.165) is 12.1 Å². The second-order valence-electron chi connectivity index (χ2n) is 8.81. The summed E-state index contributed by atoms with van der Waals surface area (Å²) < 4.78 is 61.4. The van der Waals surface area contributed by atoms with Gasteiger partial charge in [0.15, 0.2) is 5.79 Å². The van der Waals surface area contributed by atoms with Crippen LogP contribution in [0.15, 0.2) is 54.7 Å². The zero-order valence-electron chi connectivity index (χ0n) is 19.0. The van der Waals surface area contributed by atoms with E-state index < -0.39 is 29.6 Å². The van der Waals surface area contributed by atoms with E-state index in [1.54, 1.807) is 12.1 Å². The quantitative estimate of drug-likeness (QED) is 0.499. The van der Waals surface area contributed by atoms with E-state index in [0.29, 0.717) is 36.5 Å². The van der Waals surface area contributed by atoms with Crippen LogP contribution >= 0.6 is 0 Å². The molecule has 1 aromatic heterocycles. The van der Waals surface area contributed by atoms with Gasteiger partial charge in [-0.2, -0.15) is 0 Å². The molecule has 11 heteroatoms. The maximum absolute atomic E-state index is 14.6. The highest BCUT2D eigenvalue weighted by atomic mass is 19.4. The molecule has 2 N–H and O–H groups in total. The van der Waals surface area contributed by atoms with Crippen molar-refractivity contribution in [1.82, 2.24) is 4.98 Å². The third-order valence-electron chi connectivity index (χ3n) is 6.06. The van der Waals surface area contributed by atoms with Crippen LogP contribution < -0.4 is 15.0 Å². The lowest BCUT2D eigenvalue weighted by Gasteiger charge is -2.30. The zero-order valence-corrected chi connectivity index (χ0v) is 19.0. The summed E-state index contributed by atoms with van der Waals surface area (Å²) in [6.45, 7) is 2.52. The van der Waals surface area contributed by atoms with E-state index in [1.165, 1.54) is 37.4 Å². The number of amides is 1. The monoisotopic (exact) mass is 503 g/mol. The number of pyridine rings is 1. The fraction of sp³-hybridized carbons (Fsp3) is 0.280. The van der Waals surface area contributed by atoms with Crippen molar-refractivity contribution in [2.75, 3.05) is 23.3 Å². The molecule has 3 aromatic rings. The molecule has 1 unspecified atom stereocenters. The number of nitrogens with one attached hydrogen (secondary N) is 1. The molecule has 1 amide bonds. The molecule has 0 saturated carbocycles. The van der Waals surface area contributed by atoms with Crippen molar-refractivity contribution < 1.29 is 36.9 Å². The second kappa shape index (κ2) is 8.75. The summed E-state index contributed by atoms with van der Waals surface area (Å²) in [6, 6.07) is 10.4. The highest BCUT2D eigenvalue weighted by molar-refractivity contribution is 6.05. The maximum Gasteiger partial charge on any atom is 0.573 e. The summed E-state index contributed by atoms with van der Waals surface area (Å²) in [5.41, 5.74) is 1.55. The lowest BCUT2D eigenvalue weighted by molar-refractivity contribution is -0.274. The molecule has 5 rings (SSSR count). The summed E-state index contributed by atoms with van der Waals surface area (Å²) >= 11 is 0. The average molecular weight is 503 g/mol. The lowest BCUT2D eigenvalue weighted by atomic mass is 9.97. The van der Waals surface area contributed by atoms with Gasteiger partial charge in [0.1, 0.15) is 17.4 Å². The molecule has 4 bridgehead atoms. The van der Waals surface area contributed by atoms with E-state index in [1.807, 2.05) is 4.90 Å². The molecule has 36 heavy (non-hydrogen) atoms. The number of ether oxygens (including phenoxy) is 2. The number of alkyl halides is 3. The first-order chi connectivity index (χ1) is 17.0. The van der Waals surface area contributed by atoms with Crippen LogP contribution in [0.1, 0.15) is 29.3 Å². The number of aliphatic hydroxyl groups is 1. The largest absolute Gasteiger partial charge is 0.573 e. The summed E-state index contributed by atoms with van der Waals surface area (Å²) in [5.74, 6) is -2.72. The number of halogens is 4. The summed E-state index contributed by atoms with van der Waals surface area (Å²) in [5, 5.41) is 13.5. The van der Waals surface area contributed by atoms with Crippen molar-refractivity contribution in [3.63, 3.8) is 0 Å². The molecule has 0 aliphatic carbocycles. The third kappa shape index (κ3) is 4.98. The van der Waals surface area contributed by atoms with Crippen LogP contribution in [0.3, 0.4) is 0 Å². The Morgan fingerprint density at radius 2 is 1.97 bits per heavy atom. The minimum Gasteiger partial charge on any atom is -0.406 e. The predicted octanol–water partition coefficient (Wildman–Crippen LogP) is 4.81. The number of hydrogen-bond acceptors (Lipinski definition) is 6. The first-order valence-corrected chi connectivity index (χ1v) is 11.1. The fourth-order valence-electron chi connectivity index (χ4n) is 4.41. The van der Waals surface area contributed by atoms with Gasteiger partial charge in [-0.05, 0) is 67.4 Å². The van der Waals surface area contributed by atoms with Crippen molar-refractivity contribution >= 4 is 17.4 Å². The van der Waals surface area contributed by atoms with E-state index in [-0.39, 0.29) is 22.9 Å². The van der Waals surface area contributed by atoms with Gasteiger partial charge >= 0.3 is 6.36 Å². The van der Waals surface area contributed by atoms with Gasteiger partial charge in [0, 0.05) is 36.1 Å². The van der Waals surface area contributed by atoms with Crippen LogP contribution in [-0.4, -0.2) is 41.6 Å². The summed E-state index contributed by atoms with van der Waals surface area (Å²) in [4.78, 5) is 19.4. The van der Waals surface area contributed by atoms with Crippen LogP contribution in [0.25, 0.3) is 11.1 Å². The Labute approximate surface area is 203 Å². The fourth-order valence-corrected chi connectivity index (χ4v) is 4.41. The van der Waals surface area contributed by atoms with Crippen molar-refractivity contribution in [2.45, 2.75) is 31.6 Å². The number of aromatic nitrogens is 1. The molecule has 188 valence electrons. The first kappa shape index (κ1) is 24.0. The molecular formula is C25H21F4N3O4. The number of carbonyl (C=O) groups excluding carboxylic acids is 1. The van der Waals surface area contributed by atoms with Gasteiger partial charge in [0.05, 0.1) is 11.7 Å². The van der Waals surface area contributed by atoms with Crippen molar-refractivity contribution in [3.05, 3.63) is 71.7 Å². The Balaban J connectivity index is 1.48. The maximum atomic E-state index is 14.6. The minimum atomic E-state index is -4.82. The first-order valence-electron chi connectivity index (χ1n) is 11.1. The highest BCUT2D eigenvalue weighted by Gasteiger charge is 2.36. The Kier molecular flexibility index (Phi) is 5.84. The van der Waals surface area contributed by atoms with Gasteiger partial charge in [0.2, 0.25) is 0 Å². The molecule has 7 nitrogen and oxygen atoms in total. The highest BCUT2D eigenvalue weighted by Crippen LogP contribution is 2.38. The van der Waals surface area contributed by atoms with Gasteiger partial charge in [-0.3, -0.25) is 4.79 Å². The molecular weight excluding hydrogens is 482 g/mol. The number of rotatable bonds is 3. The summed E-state index contributed by atoms with van der Waals surface area (Å²) in [7, 11) is 0. The molecule has 1 saturated heterocycles. The number of carbonyl (C=O) groups is 1. The van der Waals surface area contributed by atoms with Crippen LogP contribution in [0.2, 0.25) is 0 Å². The molecule has 2 aliphatic rings. The number of anilines is 2. The standard InChI is InChI=1S/C25H21F4N3O4/c1-24(34)16-8-14(9-17(26)11-16)21-10-15(12-30-22(21)32-7-6-20(13-32)35-24)23(33)31-18-2-4-19(5-3-18)36-25(27,28)29/h2-5,8-12,20,34H,6-7,13H2,1H3,(H,31,33)/t20-,24?/m1/s1. The van der Waals surface area contributed by atoms with Crippen molar-refractivity contribution in [2.24, 2.45) is 0 Å². The average Bonchev–Trinajstić information content (AvgIpc) is 3.25. The van der Waals surface area contributed by atoms with Gasteiger partial charge in [-0.25, -0.2) is 9.37 Å². The molecule has 2 atom stereocenters. The number of fused-ring (bicyclic) bond motifs is 7. The van der Waals surface area contributed by atoms with E-state index >= 15 is 0 Å². The van der Waals surface area contributed by atoms with Crippen molar-refractivity contribution in [3.8, 4) is 16.9 Å². The van der Waals surface area contributed by atoms with Gasteiger partial charge < -0.3 is 24.8 Å². The second-order valence-corrected chi connectivity index (χ2v) is 8.81. The van der Waals surface area contributed by atoms with Crippen LogP contribution in [0, 0.1) is 5.82 Å². The van der Waals surface area contributed by atoms with E-state index in [2.05, 4.69) is 15.0 Å². The summed E-state index contributed by atoms with van der Waals surface area (Å²) in [6.07, 6.45) is -3.11. The van der Waals surface area contributed by atoms with Gasteiger partial charge in [0.25, 0.3) is 5.91 Å². The topological polar surface area (TPSA) is 83.9 Å². The Morgan fingerprint density at radius 1 is 1.22 bits per heavy atom. The predicted molar refractivity (Wildman–Crippen MR) is 122 cm³/mol. The van der Waals surface area contributed by atoms with Crippen LogP contribution in [-0.2, 0) is 10.5 Å². The Hall–Kier alpha value is -3.70.